The minimum Gasteiger partial charge on any atom is -0.323 e. The number of hydrogen-bond donors (Lipinski definition) is 2. The zero-order valence-electron chi connectivity index (χ0n) is 14.7. The molecule has 2 aromatic heterocycles. The van der Waals surface area contributed by atoms with Crippen molar-refractivity contribution in [2.45, 2.75) is 5.16 Å². The summed E-state index contributed by atoms with van der Waals surface area (Å²) in [4.78, 5) is 35.3. The molecule has 7 nitrogen and oxygen atoms in total. The number of halogens is 2. The van der Waals surface area contributed by atoms with Crippen LogP contribution in [-0.4, -0.2) is 31.2 Å². The van der Waals surface area contributed by atoms with E-state index < -0.39 is 23.1 Å². The highest BCUT2D eigenvalue weighted by atomic mass is 32.2. The van der Waals surface area contributed by atoms with Crippen LogP contribution in [0.25, 0.3) is 16.9 Å². The van der Waals surface area contributed by atoms with Crippen molar-refractivity contribution >= 4 is 34.5 Å². The van der Waals surface area contributed by atoms with Crippen LogP contribution in [0.5, 0.6) is 0 Å². The predicted molar refractivity (Wildman–Crippen MR) is 105 cm³/mol. The number of aromatic amines is 1. The minimum absolute atomic E-state index is 0.106. The van der Waals surface area contributed by atoms with Gasteiger partial charge in [-0.15, -0.1) is 0 Å². The standard InChI is InChI=1S/C19H13F2N5O2S/c20-11-6-7-14(13(21)8-11)24-15(27)9-29-19-25-16-17(22-10-23-18(16)28)26(19)12-4-2-1-3-5-12/h1-8,10H,9H2,(H,24,27)(H,22,23,28). The first kappa shape index (κ1) is 18.8. The lowest BCUT2D eigenvalue weighted by Crippen LogP contribution is -2.15. The SMILES string of the molecule is O=C(CSc1nc2c(=O)[nH]cnc2n1-c1ccccc1)Nc1ccc(F)cc1F. The van der Waals surface area contributed by atoms with Crippen molar-refractivity contribution in [1.29, 1.82) is 0 Å². The average molecular weight is 413 g/mol. The summed E-state index contributed by atoms with van der Waals surface area (Å²) in [6.45, 7) is 0. The molecule has 1 amide bonds. The van der Waals surface area contributed by atoms with Crippen molar-refractivity contribution in [3.05, 3.63) is 76.8 Å². The molecule has 0 unspecified atom stereocenters. The van der Waals surface area contributed by atoms with Gasteiger partial charge in [0.1, 0.15) is 11.6 Å². The first-order valence-corrected chi connectivity index (χ1v) is 9.41. The van der Waals surface area contributed by atoms with Gasteiger partial charge in [0.15, 0.2) is 16.3 Å². The van der Waals surface area contributed by atoms with Crippen LogP contribution < -0.4 is 10.9 Å². The third-order valence-electron chi connectivity index (χ3n) is 3.97. The van der Waals surface area contributed by atoms with E-state index in [2.05, 4.69) is 20.3 Å². The number of H-pyrrole nitrogens is 1. The number of nitrogens with one attached hydrogen (secondary N) is 2. The Morgan fingerprint density at radius 1 is 1.17 bits per heavy atom. The Balaban J connectivity index is 1.61. The number of rotatable bonds is 5. The van der Waals surface area contributed by atoms with Crippen LogP contribution in [0.2, 0.25) is 0 Å². The number of amides is 1. The molecule has 4 aromatic rings. The highest BCUT2D eigenvalue weighted by molar-refractivity contribution is 7.99. The number of thioether (sulfide) groups is 1. The lowest BCUT2D eigenvalue weighted by atomic mass is 10.3. The van der Waals surface area contributed by atoms with Crippen molar-refractivity contribution in [1.82, 2.24) is 19.5 Å². The fraction of sp³-hybridized carbons (Fsp3) is 0.0526. The summed E-state index contributed by atoms with van der Waals surface area (Å²) in [6.07, 6.45) is 1.28. The largest absolute Gasteiger partial charge is 0.323 e. The molecule has 0 saturated heterocycles. The van der Waals surface area contributed by atoms with E-state index in [1.165, 1.54) is 6.33 Å². The van der Waals surface area contributed by atoms with Gasteiger partial charge in [0.25, 0.3) is 5.56 Å². The molecule has 2 aromatic carbocycles. The molecule has 0 fully saturated rings. The molecule has 0 spiro atoms. The Morgan fingerprint density at radius 3 is 2.72 bits per heavy atom. The highest BCUT2D eigenvalue weighted by Gasteiger charge is 2.18. The Morgan fingerprint density at radius 2 is 1.97 bits per heavy atom. The Kier molecular flexibility index (Phi) is 5.09. The quantitative estimate of drug-likeness (QED) is 0.491. The van der Waals surface area contributed by atoms with Crippen molar-refractivity contribution in [2.24, 2.45) is 0 Å². The number of carbonyl (C=O) groups is 1. The van der Waals surface area contributed by atoms with E-state index in [0.717, 1.165) is 29.6 Å². The average Bonchev–Trinajstić information content (AvgIpc) is 3.09. The summed E-state index contributed by atoms with van der Waals surface area (Å²) < 4.78 is 28.4. The number of benzene rings is 2. The molecule has 2 N–H and O–H groups in total. The molecule has 4 rings (SSSR count). The zero-order valence-corrected chi connectivity index (χ0v) is 15.5. The third-order valence-corrected chi connectivity index (χ3v) is 4.91. The molecule has 0 saturated carbocycles. The summed E-state index contributed by atoms with van der Waals surface area (Å²) in [5.41, 5.74) is 0.702. The Bertz CT molecular complexity index is 1260. The lowest BCUT2D eigenvalue weighted by molar-refractivity contribution is -0.113. The molecule has 0 aliphatic heterocycles. The second kappa shape index (κ2) is 7.84. The van der Waals surface area contributed by atoms with E-state index in [9.17, 15) is 18.4 Å². The summed E-state index contributed by atoms with van der Waals surface area (Å²) in [5.74, 6) is -2.21. The first-order valence-electron chi connectivity index (χ1n) is 8.42. The maximum atomic E-state index is 13.7. The number of aromatic nitrogens is 4. The number of fused-ring (bicyclic) bond motifs is 1. The number of carbonyl (C=O) groups excluding carboxylic acids is 1. The maximum absolute atomic E-state index is 13.7. The molecule has 0 radical (unpaired) electrons. The van der Waals surface area contributed by atoms with Crippen molar-refractivity contribution in [3.63, 3.8) is 0 Å². The predicted octanol–water partition coefficient (Wildman–Crippen LogP) is 3.12. The molecule has 0 atom stereocenters. The Hall–Kier alpha value is -3.53. The summed E-state index contributed by atoms with van der Waals surface area (Å²) >= 11 is 1.06. The van der Waals surface area contributed by atoms with Crippen molar-refractivity contribution in [2.75, 3.05) is 11.1 Å². The zero-order chi connectivity index (χ0) is 20.4. The number of hydrogen-bond acceptors (Lipinski definition) is 5. The van der Waals surface area contributed by atoms with Crippen LogP contribution in [0.1, 0.15) is 0 Å². The number of anilines is 1. The smallest absolute Gasteiger partial charge is 0.278 e. The summed E-state index contributed by atoms with van der Waals surface area (Å²) in [6, 6.07) is 12.0. The second-order valence-corrected chi connectivity index (χ2v) is 6.87. The van der Waals surface area contributed by atoms with Crippen LogP contribution in [0, 0.1) is 11.6 Å². The highest BCUT2D eigenvalue weighted by Crippen LogP contribution is 2.25. The van der Waals surface area contributed by atoms with Gasteiger partial charge in [-0.05, 0) is 24.3 Å². The molecule has 2 heterocycles. The molecular formula is C19H13F2N5O2S. The molecule has 10 heteroatoms. The van der Waals surface area contributed by atoms with E-state index in [0.29, 0.717) is 16.9 Å². The van der Waals surface area contributed by atoms with Gasteiger partial charge in [0.05, 0.1) is 17.8 Å². The number of para-hydroxylation sites is 1. The molecule has 29 heavy (non-hydrogen) atoms. The second-order valence-electron chi connectivity index (χ2n) is 5.93. The van der Waals surface area contributed by atoms with Crippen LogP contribution in [0.4, 0.5) is 14.5 Å². The monoisotopic (exact) mass is 413 g/mol. The molecule has 0 aliphatic carbocycles. The normalized spacial score (nSPS) is 11.0. The van der Waals surface area contributed by atoms with Crippen LogP contribution in [0.3, 0.4) is 0 Å². The number of nitrogens with zero attached hydrogens (tertiary/aromatic N) is 3. The third kappa shape index (κ3) is 3.87. The number of imidazole rings is 1. The van der Waals surface area contributed by atoms with Gasteiger partial charge < -0.3 is 10.3 Å². The van der Waals surface area contributed by atoms with Gasteiger partial charge in [-0.3, -0.25) is 14.2 Å². The van der Waals surface area contributed by atoms with Gasteiger partial charge in [-0.25, -0.2) is 18.7 Å². The lowest BCUT2D eigenvalue weighted by Gasteiger charge is -2.09. The molecule has 0 bridgehead atoms. The summed E-state index contributed by atoms with van der Waals surface area (Å²) in [5, 5.41) is 2.77. The first-order chi connectivity index (χ1) is 14.0. The molecule has 146 valence electrons. The summed E-state index contributed by atoms with van der Waals surface area (Å²) in [7, 11) is 0. The minimum atomic E-state index is -0.865. The molecular weight excluding hydrogens is 400 g/mol. The van der Waals surface area contributed by atoms with Crippen LogP contribution >= 0.6 is 11.8 Å². The van der Waals surface area contributed by atoms with Crippen molar-refractivity contribution < 1.29 is 13.6 Å². The maximum Gasteiger partial charge on any atom is 0.278 e. The van der Waals surface area contributed by atoms with E-state index in [4.69, 9.17) is 0 Å². The van der Waals surface area contributed by atoms with Crippen molar-refractivity contribution in [3.8, 4) is 5.69 Å². The van der Waals surface area contributed by atoms with Gasteiger partial charge in [-0.2, -0.15) is 0 Å². The van der Waals surface area contributed by atoms with E-state index in [1.807, 2.05) is 30.3 Å². The Labute approximate surface area is 166 Å². The van der Waals surface area contributed by atoms with Gasteiger partial charge in [0.2, 0.25) is 5.91 Å². The molecule has 0 aliphatic rings. The van der Waals surface area contributed by atoms with Gasteiger partial charge in [0, 0.05) is 11.8 Å². The fourth-order valence-corrected chi connectivity index (χ4v) is 3.51. The fourth-order valence-electron chi connectivity index (χ4n) is 2.70. The van der Waals surface area contributed by atoms with E-state index in [1.54, 1.807) is 4.57 Å². The van der Waals surface area contributed by atoms with Crippen LogP contribution in [-0.2, 0) is 4.79 Å². The van der Waals surface area contributed by atoms with E-state index in [-0.39, 0.29) is 17.0 Å². The van der Waals surface area contributed by atoms with Gasteiger partial charge in [-0.1, -0.05) is 30.0 Å². The topological polar surface area (TPSA) is 92.7 Å². The van der Waals surface area contributed by atoms with Crippen LogP contribution in [0.15, 0.2) is 64.8 Å². The van der Waals surface area contributed by atoms with Gasteiger partial charge >= 0.3 is 0 Å². The van der Waals surface area contributed by atoms with E-state index >= 15 is 0 Å².